The van der Waals surface area contributed by atoms with E-state index in [1.807, 2.05) is 12.1 Å². The Morgan fingerprint density at radius 1 is 1.56 bits per heavy atom. The van der Waals surface area contributed by atoms with E-state index in [1.165, 1.54) is 0 Å². The van der Waals surface area contributed by atoms with Gasteiger partial charge in [0.1, 0.15) is 10.4 Å². The molecule has 1 aliphatic rings. The molecule has 0 aromatic carbocycles. The average Bonchev–Trinajstić information content (AvgIpc) is 2.29. The van der Waals surface area contributed by atoms with E-state index in [9.17, 15) is 0 Å². The number of nitrogens with one attached hydrogen (secondary N) is 1. The van der Waals surface area contributed by atoms with Crippen molar-refractivity contribution in [3.8, 4) is 0 Å². The van der Waals surface area contributed by atoms with Gasteiger partial charge in [0.05, 0.1) is 10.6 Å². The number of hydrogen-bond donors (Lipinski definition) is 1. The number of rotatable bonds is 3. The van der Waals surface area contributed by atoms with Gasteiger partial charge in [-0.2, -0.15) is 0 Å². The summed E-state index contributed by atoms with van der Waals surface area (Å²) in [5.74, 6) is 1.49. The number of hydrogen-bond acceptors (Lipinski definition) is 3. The number of ether oxygens (including phenoxy) is 1. The number of pyridine rings is 1. The maximum Gasteiger partial charge on any atom is 0.127 e. The van der Waals surface area contributed by atoms with Gasteiger partial charge in [0.25, 0.3) is 0 Å². The summed E-state index contributed by atoms with van der Waals surface area (Å²) in [6, 6.07) is 3.74. The van der Waals surface area contributed by atoms with Gasteiger partial charge >= 0.3 is 0 Å². The van der Waals surface area contributed by atoms with Crippen molar-refractivity contribution in [2.45, 2.75) is 32.3 Å². The standard InChI is InChI=1S/C13H18BrClN2O/c1-13(2)7-9(5-6-18-13)8-16-11-4-3-10(15)12(14)17-11/h3-4,9H,5-8H2,1-2H3,(H,16,17). The fourth-order valence-corrected chi connectivity index (χ4v) is 2.73. The summed E-state index contributed by atoms with van der Waals surface area (Å²) in [7, 11) is 0. The van der Waals surface area contributed by atoms with Crippen LogP contribution in [0.4, 0.5) is 5.82 Å². The molecule has 1 saturated heterocycles. The lowest BCUT2D eigenvalue weighted by atomic mass is 9.88. The van der Waals surface area contributed by atoms with Gasteiger partial charge < -0.3 is 10.1 Å². The second-order valence-electron chi connectivity index (χ2n) is 5.32. The molecular weight excluding hydrogens is 316 g/mol. The molecule has 0 bridgehead atoms. The van der Waals surface area contributed by atoms with Gasteiger partial charge in [-0.3, -0.25) is 0 Å². The molecule has 1 aromatic heterocycles. The highest BCUT2D eigenvalue weighted by atomic mass is 79.9. The van der Waals surface area contributed by atoms with Crippen LogP contribution in [-0.2, 0) is 4.74 Å². The fraction of sp³-hybridized carbons (Fsp3) is 0.615. The molecule has 1 unspecified atom stereocenters. The van der Waals surface area contributed by atoms with Gasteiger partial charge in [0, 0.05) is 13.2 Å². The quantitative estimate of drug-likeness (QED) is 0.845. The van der Waals surface area contributed by atoms with Gasteiger partial charge in [-0.05, 0) is 60.7 Å². The molecule has 0 radical (unpaired) electrons. The van der Waals surface area contributed by atoms with E-state index >= 15 is 0 Å². The van der Waals surface area contributed by atoms with Crippen LogP contribution in [0.1, 0.15) is 26.7 Å². The molecule has 1 atom stereocenters. The molecule has 3 nitrogen and oxygen atoms in total. The molecule has 1 N–H and O–H groups in total. The molecule has 2 rings (SSSR count). The summed E-state index contributed by atoms with van der Waals surface area (Å²) in [5.41, 5.74) is -0.00138. The van der Waals surface area contributed by atoms with Crippen LogP contribution in [0.25, 0.3) is 0 Å². The van der Waals surface area contributed by atoms with Crippen molar-refractivity contribution in [2.24, 2.45) is 5.92 Å². The Labute approximate surface area is 121 Å². The Kier molecular flexibility index (Phi) is 4.51. The van der Waals surface area contributed by atoms with Gasteiger partial charge in [-0.1, -0.05) is 11.6 Å². The molecule has 1 fully saturated rings. The van der Waals surface area contributed by atoms with Crippen LogP contribution in [0.2, 0.25) is 5.02 Å². The van der Waals surface area contributed by atoms with E-state index in [1.54, 1.807) is 0 Å². The lowest BCUT2D eigenvalue weighted by Gasteiger charge is -2.35. The third-order valence-corrected chi connectivity index (χ3v) is 4.31. The molecule has 0 spiro atoms. The van der Waals surface area contributed by atoms with Crippen molar-refractivity contribution in [3.05, 3.63) is 21.8 Å². The highest BCUT2D eigenvalue weighted by Gasteiger charge is 2.28. The van der Waals surface area contributed by atoms with Crippen molar-refractivity contribution in [1.29, 1.82) is 0 Å². The summed E-state index contributed by atoms with van der Waals surface area (Å²) in [6.45, 7) is 6.07. The minimum Gasteiger partial charge on any atom is -0.376 e. The van der Waals surface area contributed by atoms with Crippen LogP contribution in [0.3, 0.4) is 0 Å². The second kappa shape index (κ2) is 5.76. The number of nitrogens with zero attached hydrogens (tertiary/aromatic N) is 1. The lowest BCUT2D eigenvalue weighted by Crippen LogP contribution is -2.36. The van der Waals surface area contributed by atoms with Crippen molar-refractivity contribution < 1.29 is 4.74 Å². The van der Waals surface area contributed by atoms with Crippen LogP contribution < -0.4 is 5.32 Å². The fourth-order valence-electron chi connectivity index (χ4n) is 2.30. The van der Waals surface area contributed by atoms with E-state index < -0.39 is 0 Å². The van der Waals surface area contributed by atoms with E-state index in [0.717, 1.165) is 31.8 Å². The van der Waals surface area contributed by atoms with Crippen molar-refractivity contribution in [1.82, 2.24) is 4.98 Å². The number of anilines is 1. The minimum absolute atomic E-state index is 0.00138. The zero-order chi connectivity index (χ0) is 13.2. The van der Waals surface area contributed by atoms with Gasteiger partial charge in [0.2, 0.25) is 0 Å². The molecule has 0 amide bonds. The van der Waals surface area contributed by atoms with Crippen LogP contribution in [-0.4, -0.2) is 23.7 Å². The van der Waals surface area contributed by atoms with E-state index in [0.29, 0.717) is 15.5 Å². The summed E-state index contributed by atoms with van der Waals surface area (Å²) in [5, 5.41) is 4.00. The SMILES string of the molecule is CC1(C)CC(CNc2ccc(Cl)c(Br)n2)CCO1. The molecule has 100 valence electrons. The molecule has 5 heteroatoms. The predicted molar refractivity (Wildman–Crippen MR) is 78.2 cm³/mol. The Hall–Kier alpha value is -0.320. The minimum atomic E-state index is -0.00138. The normalized spacial score (nSPS) is 22.8. The largest absolute Gasteiger partial charge is 0.376 e. The number of aromatic nitrogens is 1. The highest BCUT2D eigenvalue weighted by Crippen LogP contribution is 2.29. The molecule has 2 heterocycles. The molecule has 1 aromatic rings. The molecule has 0 saturated carbocycles. The Balaban J connectivity index is 1.89. The first-order valence-electron chi connectivity index (χ1n) is 6.16. The van der Waals surface area contributed by atoms with Gasteiger partial charge in [0.15, 0.2) is 0 Å². The highest BCUT2D eigenvalue weighted by molar-refractivity contribution is 9.10. The van der Waals surface area contributed by atoms with Gasteiger partial charge in [-0.25, -0.2) is 4.98 Å². The lowest BCUT2D eigenvalue weighted by molar-refractivity contribution is -0.0699. The molecular formula is C13H18BrClN2O. The topological polar surface area (TPSA) is 34.2 Å². The smallest absolute Gasteiger partial charge is 0.127 e. The van der Waals surface area contributed by atoms with Crippen molar-refractivity contribution in [3.63, 3.8) is 0 Å². The molecule has 0 aliphatic carbocycles. The van der Waals surface area contributed by atoms with E-state index in [4.69, 9.17) is 16.3 Å². The Bertz CT molecular complexity index is 425. The van der Waals surface area contributed by atoms with Crippen molar-refractivity contribution in [2.75, 3.05) is 18.5 Å². The third-order valence-electron chi connectivity index (χ3n) is 3.17. The summed E-state index contributed by atoms with van der Waals surface area (Å²) >= 11 is 9.24. The molecule has 18 heavy (non-hydrogen) atoms. The van der Waals surface area contributed by atoms with Gasteiger partial charge in [-0.15, -0.1) is 0 Å². The first-order valence-corrected chi connectivity index (χ1v) is 7.33. The predicted octanol–water partition coefficient (Wildman–Crippen LogP) is 4.11. The maximum atomic E-state index is 5.91. The average molecular weight is 334 g/mol. The van der Waals surface area contributed by atoms with Crippen LogP contribution in [0.5, 0.6) is 0 Å². The zero-order valence-corrected chi connectivity index (χ0v) is 13.0. The zero-order valence-electron chi connectivity index (χ0n) is 10.7. The number of halogens is 2. The van der Waals surface area contributed by atoms with E-state index in [2.05, 4.69) is 40.1 Å². The Morgan fingerprint density at radius 2 is 2.33 bits per heavy atom. The Morgan fingerprint density at radius 3 is 3.00 bits per heavy atom. The van der Waals surface area contributed by atoms with Crippen molar-refractivity contribution >= 4 is 33.3 Å². The summed E-state index contributed by atoms with van der Waals surface area (Å²) < 4.78 is 6.40. The second-order valence-corrected chi connectivity index (χ2v) is 6.48. The summed E-state index contributed by atoms with van der Waals surface area (Å²) in [4.78, 5) is 4.34. The maximum absolute atomic E-state index is 5.91. The van der Waals surface area contributed by atoms with E-state index in [-0.39, 0.29) is 5.60 Å². The van der Waals surface area contributed by atoms with Crippen LogP contribution in [0.15, 0.2) is 16.7 Å². The first-order chi connectivity index (χ1) is 8.46. The van der Waals surface area contributed by atoms with Crippen LogP contribution >= 0.6 is 27.5 Å². The first kappa shape index (κ1) is 14.1. The molecule has 1 aliphatic heterocycles. The summed E-state index contributed by atoms with van der Waals surface area (Å²) in [6.07, 6.45) is 2.18. The van der Waals surface area contributed by atoms with Crippen LogP contribution in [0, 0.1) is 5.92 Å². The third kappa shape index (κ3) is 3.84. The monoisotopic (exact) mass is 332 g/mol.